The normalized spacial score (nSPS) is 12.9. The van der Waals surface area contributed by atoms with Gasteiger partial charge in [-0.15, -0.1) is 0 Å². The zero-order chi connectivity index (χ0) is 17.7. The molecule has 2 atom stereocenters. The van der Waals surface area contributed by atoms with Crippen LogP contribution in [0.4, 0.5) is 0 Å². The van der Waals surface area contributed by atoms with Gasteiger partial charge in [0.15, 0.2) is 0 Å². The maximum absolute atomic E-state index is 11.6. The van der Waals surface area contributed by atoms with Gasteiger partial charge in [-0.1, -0.05) is 36.4 Å². The molecule has 24 heavy (non-hydrogen) atoms. The quantitative estimate of drug-likeness (QED) is 0.811. The zero-order valence-electron chi connectivity index (χ0n) is 13.3. The van der Waals surface area contributed by atoms with Gasteiger partial charge in [0.1, 0.15) is 11.5 Å². The Bertz CT molecular complexity index is 676. The first kappa shape index (κ1) is 17.3. The number of aryl methyl sites for hydroxylation is 2. The zero-order valence-corrected chi connectivity index (χ0v) is 13.3. The Morgan fingerprint density at radius 2 is 1.08 bits per heavy atom. The van der Waals surface area contributed by atoms with Gasteiger partial charge in [-0.3, -0.25) is 0 Å². The highest BCUT2D eigenvalue weighted by molar-refractivity contribution is 5.84. The number of para-hydroxylation sites is 2. The van der Waals surface area contributed by atoms with E-state index in [2.05, 4.69) is 0 Å². The summed E-state index contributed by atoms with van der Waals surface area (Å²) in [4.78, 5) is 23.1. The van der Waals surface area contributed by atoms with Crippen molar-refractivity contribution in [2.75, 3.05) is 0 Å². The van der Waals surface area contributed by atoms with E-state index in [9.17, 15) is 19.8 Å². The van der Waals surface area contributed by atoms with Gasteiger partial charge in [-0.25, -0.2) is 9.59 Å². The van der Waals surface area contributed by atoms with Crippen LogP contribution in [0, 0.1) is 13.8 Å². The molecule has 0 aromatic heterocycles. The highest BCUT2D eigenvalue weighted by Crippen LogP contribution is 2.23. The maximum atomic E-state index is 11.6. The fourth-order valence-electron chi connectivity index (χ4n) is 2.13. The molecule has 2 aromatic carbocycles. The second kappa shape index (κ2) is 7.50. The second-order valence-electron chi connectivity index (χ2n) is 5.28. The van der Waals surface area contributed by atoms with Crippen LogP contribution < -0.4 is 9.47 Å². The number of rotatable bonds is 7. The lowest BCUT2D eigenvalue weighted by Gasteiger charge is -2.24. The number of hydrogen-bond donors (Lipinski definition) is 2. The van der Waals surface area contributed by atoms with Crippen LogP contribution in [0.2, 0.25) is 0 Å². The van der Waals surface area contributed by atoms with Crippen LogP contribution in [-0.2, 0) is 9.59 Å². The average molecular weight is 330 g/mol. The van der Waals surface area contributed by atoms with Gasteiger partial charge < -0.3 is 19.7 Å². The lowest BCUT2D eigenvalue weighted by atomic mass is 10.1. The Kier molecular flexibility index (Phi) is 5.42. The number of carboxylic acid groups (broad SMARTS) is 2. The predicted molar refractivity (Wildman–Crippen MR) is 86.5 cm³/mol. The smallest absolute Gasteiger partial charge is 0.349 e. The third-order valence-electron chi connectivity index (χ3n) is 3.46. The maximum Gasteiger partial charge on any atom is 0.349 e. The molecule has 0 heterocycles. The number of carbonyl (C=O) groups is 2. The first-order chi connectivity index (χ1) is 11.4. The van der Waals surface area contributed by atoms with Gasteiger partial charge >= 0.3 is 11.9 Å². The number of aliphatic carboxylic acids is 2. The molecular formula is C18H18O6. The highest BCUT2D eigenvalue weighted by Gasteiger charge is 2.38. The summed E-state index contributed by atoms with van der Waals surface area (Å²) in [6.07, 6.45) is -3.38. The van der Waals surface area contributed by atoms with E-state index < -0.39 is 24.1 Å². The Balaban J connectivity index is 2.31. The Morgan fingerprint density at radius 3 is 1.38 bits per heavy atom. The third-order valence-corrected chi connectivity index (χ3v) is 3.46. The fourth-order valence-corrected chi connectivity index (χ4v) is 2.13. The van der Waals surface area contributed by atoms with Crippen molar-refractivity contribution in [1.29, 1.82) is 0 Å². The van der Waals surface area contributed by atoms with Gasteiger partial charge in [0.2, 0.25) is 12.2 Å². The lowest BCUT2D eigenvalue weighted by Crippen LogP contribution is -2.47. The van der Waals surface area contributed by atoms with Crippen molar-refractivity contribution in [2.24, 2.45) is 0 Å². The summed E-state index contributed by atoms with van der Waals surface area (Å²) in [5, 5.41) is 18.8. The van der Waals surface area contributed by atoms with Crippen molar-refractivity contribution in [3.8, 4) is 11.5 Å². The minimum atomic E-state index is -1.69. The van der Waals surface area contributed by atoms with Crippen molar-refractivity contribution in [3.05, 3.63) is 59.7 Å². The summed E-state index contributed by atoms with van der Waals surface area (Å²) in [5.74, 6) is -2.24. The number of ether oxygens (including phenoxy) is 2. The molecule has 0 spiro atoms. The second-order valence-corrected chi connectivity index (χ2v) is 5.28. The lowest BCUT2D eigenvalue weighted by molar-refractivity contribution is -0.161. The van der Waals surface area contributed by atoms with E-state index in [-0.39, 0.29) is 0 Å². The molecule has 0 aliphatic rings. The van der Waals surface area contributed by atoms with Crippen LogP contribution >= 0.6 is 0 Å². The van der Waals surface area contributed by atoms with Gasteiger partial charge in [0.05, 0.1) is 0 Å². The van der Waals surface area contributed by atoms with Crippen LogP contribution in [0.25, 0.3) is 0 Å². The summed E-state index contributed by atoms with van der Waals surface area (Å²) < 4.78 is 10.9. The SMILES string of the molecule is Cc1ccccc1OC(C(=O)O)C(Oc1ccccc1C)C(=O)O. The standard InChI is InChI=1S/C18H18O6/c1-11-7-3-5-9-13(11)23-15(17(19)20)16(18(21)22)24-14-10-6-4-8-12(14)2/h3-10,15-16H,1-2H3,(H,19,20)(H,21,22). The van der Waals surface area contributed by atoms with E-state index in [4.69, 9.17) is 9.47 Å². The van der Waals surface area contributed by atoms with Gasteiger partial charge in [-0.05, 0) is 37.1 Å². The topological polar surface area (TPSA) is 93.1 Å². The first-order valence-corrected chi connectivity index (χ1v) is 7.30. The fraction of sp³-hybridized carbons (Fsp3) is 0.222. The molecule has 0 saturated carbocycles. The molecule has 6 heteroatoms. The van der Waals surface area contributed by atoms with Crippen LogP contribution in [0.15, 0.2) is 48.5 Å². The molecule has 2 aromatic rings. The molecule has 126 valence electrons. The summed E-state index contributed by atoms with van der Waals surface area (Å²) in [6, 6.07) is 13.6. The molecule has 2 unspecified atom stereocenters. The predicted octanol–water partition coefficient (Wildman–Crippen LogP) is 2.67. The summed E-state index contributed by atoms with van der Waals surface area (Å²) in [5.41, 5.74) is 1.40. The summed E-state index contributed by atoms with van der Waals surface area (Å²) >= 11 is 0. The monoisotopic (exact) mass is 330 g/mol. The van der Waals surface area contributed by atoms with Crippen LogP contribution in [0.5, 0.6) is 11.5 Å². The average Bonchev–Trinajstić information content (AvgIpc) is 2.53. The minimum Gasteiger partial charge on any atom is -0.478 e. The number of hydrogen-bond acceptors (Lipinski definition) is 4. The van der Waals surface area contributed by atoms with E-state index >= 15 is 0 Å². The van der Waals surface area contributed by atoms with Crippen molar-refractivity contribution >= 4 is 11.9 Å². The third kappa shape index (κ3) is 4.04. The van der Waals surface area contributed by atoms with Crippen molar-refractivity contribution in [1.82, 2.24) is 0 Å². The van der Waals surface area contributed by atoms with Gasteiger partial charge in [0.25, 0.3) is 0 Å². The van der Waals surface area contributed by atoms with E-state index in [1.54, 1.807) is 62.4 Å². The number of carboxylic acids is 2. The molecule has 0 saturated heterocycles. The molecule has 0 aliphatic carbocycles. The molecule has 6 nitrogen and oxygen atoms in total. The molecule has 0 aliphatic heterocycles. The largest absolute Gasteiger partial charge is 0.478 e. The van der Waals surface area contributed by atoms with Crippen LogP contribution in [0.1, 0.15) is 11.1 Å². The van der Waals surface area contributed by atoms with Crippen molar-refractivity contribution in [2.45, 2.75) is 26.1 Å². The molecule has 0 bridgehead atoms. The Hall–Kier alpha value is -3.02. The molecule has 0 radical (unpaired) electrons. The van der Waals surface area contributed by atoms with E-state index in [0.29, 0.717) is 22.6 Å². The highest BCUT2D eigenvalue weighted by atomic mass is 16.6. The minimum absolute atomic E-state index is 0.296. The Morgan fingerprint density at radius 1 is 0.750 bits per heavy atom. The Labute approximate surface area is 139 Å². The van der Waals surface area contributed by atoms with E-state index in [1.165, 1.54) is 0 Å². The summed E-state index contributed by atoms with van der Waals surface area (Å²) in [7, 11) is 0. The van der Waals surface area contributed by atoms with Gasteiger partial charge in [-0.2, -0.15) is 0 Å². The molecule has 2 rings (SSSR count). The molecule has 2 N–H and O–H groups in total. The van der Waals surface area contributed by atoms with Crippen molar-refractivity contribution in [3.63, 3.8) is 0 Å². The molecule has 0 fully saturated rings. The van der Waals surface area contributed by atoms with E-state index in [1.807, 2.05) is 0 Å². The molecular weight excluding hydrogens is 312 g/mol. The van der Waals surface area contributed by atoms with Crippen LogP contribution in [-0.4, -0.2) is 34.4 Å². The molecule has 0 amide bonds. The van der Waals surface area contributed by atoms with Crippen LogP contribution in [0.3, 0.4) is 0 Å². The van der Waals surface area contributed by atoms with E-state index in [0.717, 1.165) is 0 Å². The summed E-state index contributed by atoms with van der Waals surface area (Å²) in [6.45, 7) is 3.48. The first-order valence-electron chi connectivity index (χ1n) is 7.30. The number of benzene rings is 2. The van der Waals surface area contributed by atoms with Crippen molar-refractivity contribution < 1.29 is 29.3 Å². The van der Waals surface area contributed by atoms with Gasteiger partial charge in [0, 0.05) is 0 Å².